The van der Waals surface area contributed by atoms with Crippen molar-refractivity contribution in [3.8, 4) is 5.75 Å². The van der Waals surface area contributed by atoms with Crippen LogP contribution in [-0.2, 0) is 0 Å². The summed E-state index contributed by atoms with van der Waals surface area (Å²) in [6.07, 6.45) is 0. The van der Waals surface area contributed by atoms with Crippen LogP contribution in [-0.4, -0.2) is 25.0 Å². The summed E-state index contributed by atoms with van der Waals surface area (Å²) in [5.41, 5.74) is 4.12. The van der Waals surface area contributed by atoms with Crippen LogP contribution in [0.1, 0.15) is 35.3 Å². The van der Waals surface area contributed by atoms with E-state index in [2.05, 4.69) is 31.9 Å². The number of carbonyl (C=O) groups is 2. The summed E-state index contributed by atoms with van der Waals surface area (Å²) in [5, 5.41) is 8.87. The molecular formula is C25H26BrN3O3. The molecule has 2 amide bonds. The molecule has 166 valence electrons. The molecule has 0 fully saturated rings. The molecule has 6 nitrogen and oxygen atoms in total. The van der Waals surface area contributed by atoms with Crippen LogP contribution in [0, 0.1) is 6.92 Å². The maximum atomic E-state index is 13.1. The topological polar surface area (TPSA) is 79.5 Å². The van der Waals surface area contributed by atoms with Crippen LogP contribution in [0.4, 0.5) is 21.9 Å². The Morgan fingerprint density at radius 3 is 2.44 bits per heavy atom. The smallest absolute Gasteiger partial charge is 0.319 e. The first-order valence-electron chi connectivity index (χ1n) is 10.4. The molecular weight excluding hydrogens is 470 g/mol. The van der Waals surface area contributed by atoms with E-state index in [1.165, 1.54) is 0 Å². The van der Waals surface area contributed by atoms with Gasteiger partial charge >= 0.3 is 6.03 Å². The van der Waals surface area contributed by atoms with Crippen molar-refractivity contribution in [3.63, 3.8) is 0 Å². The van der Waals surface area contributed by atoms with Crippen molar-refractivity contribution >= 4 is 44.8 Å². The fraction of sp³-hybridized carbons (Fsp3) is 0.200. The van der Waals surface area contributed by atoms with Crippen LogP contribution in [0.5, 0.6) is 5.75 Å². The predicted molar refractivity (Wildman–Crippen MR) is 132 cm³/mol. The molecule has 3 rings (SSSR count). The Hall–Kier alpha value is -3.32. The van der Waals surface area contributed by atoms with Crippen LogP contribution < -0.4 is 20.7 Å². The zero-order valence-electron chi connectivity index (χ0n) is 18.3. The van der Waals surface area contributed by atoms with Gasteiger partial charge < -0.3 is 20.7 Å². The lowest BCUT2D eigenvalue weighted by Crippen LogP contribution is -2.28. The molecule has 0 bridgehead atoms. The van der Waals surface area contributed by atoms with Gasteiger partial charge in [-0.3, -0.25) is 4.79 Å². The average Bonchev–Trinajstić information content (AvgIpc) is 2.76. The summed E-state index contributed by atoms with van der Waals surface area (Å²) >= 11 is 3.44. The molecule has 3 aromatic rings. The first kappa shape index (κ1) is 23.3. The molecule has 32 heavy (non-hydrogen) atoms. The van der Waals surface area contributed by atoms with Gasteiger partial charge in [0.2, 0.25) is 0 Å². The van der Waals surface area contributed by atoms with Crippen molar-refractivity contribution in [1.29, 1.82) is 0 Å². The normalized spacial score (nSPS) is 10.4. The van der Waals surface area contributed by atoms with E-state index in [-0.39, 0.29) is 11.8 Å². The molecule has 0 aliphatic heterocycles. The highest BCUT2D eigenvalue weighted by atomic mass is 79.9. The highest BCUT2D eigenvalue weighted by Gasteiger charge is 2.17. The summed E-state index contributed by atoms with van der Waals surface area (Å²) in [4.78, 5) is 25.2. The molecule has 0 atom stereocenters. The van der Waals surface area contributed by atoms with Crippen LogP contribution in [0.3, 0.4) is 0 Å². The molecule has 0 aromatic heterocycles. The molecule has 0 radical (unpaired) electrons. The van der Waals surface area contributed by atoms with Gasteiger partial charge in [0.25, 0.3) is 0 Å². The number of carbonyl (C=O) groups excluding carboxylic acids is 2. The number of ketones is 1. The van der Waals surface area contributed by atoms with Crippen LogP contribution in [0.2, 0.25) is 0 Å². The number of hydrogen-bond acceptors (Lipinski definition) is 4. The molecule has 0 aliphatic carbocycles. The lowest BCUT2D eigenvalue weighted by molar-refractivity contribution is 0.103. The molecule has 0 spiro atoms. The second-order valence-corrected chi connectivity index (χ2v) is 8.00. The molecule has 3 aromatic carbocycles. The van der Waals surface area contributed by atoms with Crippen LogP contribution in [0.25, 0.3) is 0 Å². The molecule has 0 saturated heterocycles. The molecule has 7 heteroatoms. The fourth-order valence-electron chi connectivity index (χ4n) is 3.25. The number of rotatable bonds is 8. The predicted octanol–water partition coefficient (Wildman–Crippen LogP) is 6.27. The zero-order valence-corrected chi connectivity index (χ0v) is 19.9. The Morgan fingerprint density at radius 2 is 1.72 bits per heavy atom. The van der Waals surface area contributed by atoms with Gasteiger partial charge in [-0.25, -0.2) is 4.79 Å². The lowest BCUT2D eigenvalue weighted by atomic mass is 9.98. The van der Waals surface area contributed by atoms with Gasteiger partial charge in [0.05, 0.1) is 23.5 Å². The van der Waals surface area contributed by atoms with Gasteiger partial charge in [-0.05, 0) is 56.7 Å². The number of benzene rings is 3. The third kappa shape index (κ3) is 5.68. The highest BCUT2D eigenvalue weighted by molar-refractivity contribution is 9.10. The van der Waals surface area contributed by atoms with Crippen molar-refractivity contribution < 1.29 is 14.3 Å². The van der Waals surface area contributed by atoms with Gasteiger partial charge in [0.1, 0.15) is 5.75 Å². The van der Waals surface area contributed by atoms with Gasteiger partial charge in [-0.15, -0.1) is 0 Å². The van der Waals surface area contributed by atoms with E-state index in [9.17, 15) is 9.59 Å². The van der Waals surface area contributed by atoms with Crippen molar-refractivity contribution in [2.75, 3.05) is 23.8 Å². The van der Waals surface area contributed by atoms with Gasteiger partial charge in [0.15, 0.2) is 5.78 Å². The second kappa shape index (κ2) is 10.8. The third-order valence-electron chi connectivity index (χ3n) is 4.76. The van der Waals surface area contributed by atoms with E-state index in [4.69, 9.17) is 4.74 Å². The minimum Gasteiger partial charge on any atom is -0.493 e. The number of halogens is 1. The maximum absolute atomic E-state index is 13.1. The van der Waals surface area contributed by atoms with Crippen molar-refractivity contribution in [2.45, 2.75) is 20.8 Å². The summed E-state index contributed by atoms with van der Waals surface area (Å²) in [6, 6.07) is 18.2. The van der Waals surface area contributed by atoms with Crippen LogP contribution >= 0.6 is 15.9 Å². The molecule has 3 N–H and O–H groups in total. The quantitative estimate of drug-likeness (QED) is 0.321. The van der Waals surface area contributed by atoms with Gasteiger partial charge in [-0.2, -0.15) is 0 Å². The Morgan fingerprint density at radius 1 is 0.938 bits per heavy atom. The minimum absolute atomic E-state index is 0.0830. The van der Waals surface area contributed by atoms with E-state index in [1.54, 1.807) is 12.1 Å². The number of aryl methyl sites for hydroxylation is 1. The highest BCUT2D eigenvalue weighted by Crippen LogP contribution is 2.32. The molecule has 0 aliphatic rings. The summed E-state index contributed by atoms with van der Waals surface area (Å²) in [6.45, 7) is 6.61. The summed E-state index contributed by atoms with van der Waals surface area (Å²) < 4.78 is 6.63. The van der Waals surface area contributed by atoms with E-state index in [0.717, 1.165) is 15.7 Å². The summed E-state index contributed by atoms with van der Waals surface area (Å²) in [7, 11) is 0. The van der Waals surface area contributed by atoms with Crippen molar-refractivity contribution in [2.24, 2.45) is 0 Å². The third-order valence-corrected chi connectivity index (χ3v) is 5.26. The standard InChI is InChI=1S/C25H26BrN3O3/c1-4-27-25(31)29-22-14-17(26)10-13-21(22)28-18-11-12-20(23(15-18)32-5-2)24(30)19-9-7-6-8-16(19)3/h6-15,28H,4-5H2,1-3H3,(H2,27,29,31). The van der Waals surface area contributed by atoms with Crippen LogP contribution in [0.15, 0.2) is 65.1 Å². The van der Waals surface area contributed by atoms with Crippen molar-refractivity contribution in [3.05, 3.63) is 81.8 Å². The SMILES string of the molecule is CCNC(=O)Nc1cc(Br)ccc1Nc1ccc(C(=O)c2ccccc2C)c(OCC)c1. The number of hydrogen-bond donors (Lipinski definition) is 3. The fourth-order valence-corrected chi connectivity index (χ4v) is 3.61. The number of ether oxygens (including phenoxy) is 1. The molecule has 0 saturated carbocycles. The largest absolute Gasteiger partial charge is 0.493 e. The number of nitrogens with one attached hydrogen (secondary N) is 3. The average molecular weight is 496 g/mol. The Balaban J connectivity index is 1.92. The lowest BCUT2D eigenvalue weighted by Gasteiger charge is -2.16. The second-order valence-electron chi connectivity index (χ2n) is 7.09. The zero-order chi connectivity index (χ0) is 23.1. The Labute approximate surface area is 196 Å². The monoisotopic (exact) mass is 495 g/mol. The Kier molecular flexibility index (Phi) is 7.89. The first-order chi connectivity index (χ1) is 15.4. The molecule has 0 unspecified atom stereocenters. The number of amides is 2. The van der Waals surface area contributed by atoms with Crippen molar-refractivity contribution in [1.82, 2.24) is 5.32 Å². The van der Waals surface area contributed by atoms with E-state index in [0.29, 0.717) is 41.4 Å². The summed E-state index contributed by atoms with van der Waals surface area (Å²) in [5.74, 6) is 0.418. The van der Waals surface area contributed by atoms with E-state index >= 15 is 0 Å². The Bertz CT molecular complexity index is 1130. The minimum atomic E-state index is -0.289. The first-order valence-corrected chi connectivity index (χ1v) is 11.2. The maximum Gasteiger partial charge on any atom is 0.319 e. The van der Waals surface area contributed by atoms with Gasteiger partial charge in [0, 0.05) is 28.3 Å². The van der Waals surface area contributed by atoms with E-state index in [1.807, 2.05) is 69.3 Å². The van der Waals surface area contributed by atoms with Gasteiger partial charge in [-0.1, -0.05) is 40.2 Å². The van der Waals surface area contributed by atoms with E-state index < -0.39 is 0 Å². The molecule has 0 heterocycles. The number of urea groups is 1. The number of anilines is 3.